The minimum absolute atomic E-state index is 0.00289. The molecule has 1 aliphatic heterocycles. The standard InChI is InChI=1S/C21H26N4O2S/c1-16-10-8-9-15-25(16)28(26,27)23-20(17-11-4-3-5-12-17)21-22-18-13-6-7-14-19(18)24(21)2/h3-7,11-14,16,20,23H,8-10,15H2,1-2H3. The third kappa shape index (κ3) is 3.57. The van der Waals surface area contributed by atoms with Gasteiger partial charge in [0.2, 0.25) is 0 Å². The van der Waals surface area contributed by atoms with E-state index in [1.165, 1.54) is 0 Å². The molecule has 2 aromatic carbocycles. The number of aryl methyl sites for hydroxylation is 1. The largest absolute Gasteiger partial charge is 0.329 e. The summed E-state index contributed by atoms with van der Waals surface area (Å²) in [6.07, 6.45) is 2.86. The molecular weight excluding hydrogens is 372 g/mol. The smallest absolute Gasteiger partial charge is 0.280 e. The Morgan fingerprint density at radius 2 is 1.79 bits per heavy atom. The summed E-state index contributed by atoms with van der Waals surface area (Å²) in [6, 6.07) is 16.9. The Morgan fingerprint density at radius 1 is 1.07 bits per heavy atom. The predicted molar refractivity (Wildman–Crippen MR) is 111 cm³/mol. The molecule has 0 radical (unpaired) electrons. The summed E-state index contributed by atoms with van der Waals surface area (Å²) in [4.78, 5) is 4.75. The van der Waals surface area contributed by atoms with E-state index in [2.05, 4.69) is 4.72 Å². The summed E-state index contributed by atoms with van der Waals surface area (Å²) in [6.45, 7) is 2.53. The molecule has 0 saturated carbocycles. The Morgan fingerprint density at radius 3 is 2.50 bits per heavy atom. The van der Waals surface area contributed by atoms with Crippen LogP contribution in [0.4, 0.5) is 0 Å². The molecule has 1 aromatic heterocycles. The molecule has 0 bridgehead atoms. The van der Waals surface area contributed by atoms with Crippen LogP contribution in [-0.4, -0.2) is 34.9 Å². The summed E-state index contributed by atoms with van der Waals surface area (Å²) in [5.41, 5.74) is 2.70. The fraction of sp³-hybridized carbons (Fsp3) is 0.381. The average molecular weight is 399 g/mol. The zero-order chi connectivity index (χ0) is 19.7. The molecule has 0 spiro atoms. The van der Waals surface area contributed by atoms with Crippen LogP contribution in [0.1, 0.15) is 43.6 Å². The number of hydrogen-bond donors (Lipinski definition) is 1. The van der Waals surface area contributed by atoms with Crippen molar-refractivity contribution in [1.82, 2.24) is 18.6 Å². The van der Waals surface area contributed by atoms with E-state index < -0.39 is 16.3 Å². The van der Waals surface area contributed by atoms with Gasteiger partial charge >= 0.3 is 0 Å². The van der Waals surface area contributed by atoms with Crippen LogP contribution < -0.4 is 4.72 Å². The van der Waals surface area contributed by atoms with E-state index in [0.29, 0.717) is 12.4 Å². The first-order valence-corrected chi connectivity index (χ1v) is 11.2. The van der Waals surface area contributed by atoms with E-state index in [1.807, 2.05) is 73.1 Å². The molecule has 0 amide bonds. The van der Waals surface area contributed by atoms with Crippen LogP contribution in [0.3, 0.4) is 0 Å². The third-order valence-corrected chi connectivity index (χ3v) is 7.22. The number of benzene rings is 2. The van der Waals surface area contributed by atoms with Crippen molar-refractivity contribution in [3.05, 3.63) is 66.0 Å². The zero-order valence-electron chi connectivity index (χ0n) is 16.2. The number of imidazole rings is 1. The van der Waals surface area contributed by atoms with Crippen molar-refractivity contribution in [3.8, 4) is 0 Å². The van der Waals surface area contributed by atoms with Gasteiger partial charge in [-0.15, -0.1) is 0 Å². The molecule has 2 atom stereocenters. The van der Waals surface area contributed by atoms with Gasteiger partial charge in [-0.05, 0) is 37.5 Å². The first-order valence-electron chi connectivity index (χ1n) is 9.73. The number of aromatic nitrogens is 2. The van der Waals surface area contributed by atoms with Crippen molar-refractivity contribution >= 4 is 21.2 Å². The van der Waals surface area contributed by atoms with Gasteiger partial charge in [0.15, 0.2) is 0 Å². The van der Waals surface area contributed by atoms with Crippen LogP contribution in [0.5, 0.6) is 0 Å². The maximum atomic E-state index is 13.3. The van der Waals surface area contributed by atoms with Gasteiger partial charge in [0.1, 0.15) is 11.9 Å². The molecule has 1 aliphatic rings. The van der Waals surface area contributed by atoms with Crippen molar-refractivity contribution in [3.63, 3.8) is 0 Å². The highest BCUT2D eigenvalue weighted by Gasteiger charge is 2.33. The zero-order valence-corrected chi connectivity index (χ0v) is 17.1. The number of piperidine rings is 1. The number of nitrogens with one attached hydrogen (secondary N) is 1. The normalized spacial score (nSPS) is 19.7. The monoisotopic (exact) mass is 398 g/mol. The lowest BCUT2D eigenvalue weighted by atomic mass is 10.1. The maximum absolute atomic E-state index is 13.3. The van der Waals surface area contributed by atoms with Crippen molar-refractivity contribution < 1.29 is 8.42 Å². The molecule has 2 unspecified atom stereocenters. The van der Waals surface area contributed by atoms with Crippen molar-refractivity contribution in [2.45, 2.75) is 38.3 Å². The molecule has 1 N–H and O–H groups in total. The van der Waals surface area contributed by atoms with Gasteiger partial charge in [0.05, 0.1) is 11.0 Å². The topological polar surface area (TPSA) is 67.2 Å². The van der Waals surface area contributed by atoms with Crippen LogP contribution in [0, 0.1) is 0 Å². The fourth-order valence-electron chi connectivity index (χ4n) is 3.98. The Bertz CT molecular complexity index is 1060. The molecule has 7 heteroatoms. The number of fused-ring (bicyclic) bond motifs is 1. The molecule has 1 fully saturated rings. The van der Waals surface area contributed by atoms with Crippen LogP contribution in [0.2, 0.25) is 0 Å². The highest BCUT2D eigenvalue weighted by Crippen LogP contribution is 2.27. The second-order valence-electron chi connectivity index (χ2n) is 7.44. The lowest BCUT2D eigenvalue weighted by molar-refractivity contribution is 0.264. The summed E-state index contributed by atoms with van der Waals surface area (Å²) in [5, 5.41) is 0. The highest BCUT2D eigenvalue weighted by atomic mass is 32.2. The SMILES string of the molecule is CC1CCCCN1S(=O)(=O)NC(c1ccccc1)c1nc2ccccc2n1C. The Kier molecular flexibility index (Phi) is 5.23. The first kappa shape index (κ1) is 19.1. The molecule has 0 aliphatic carbocycles. The van der Waals surface area contributed by atoms with Gasteiger partial charge in [0.25, 0.3) is 10.2 Å². The van der Waals surface area contributed by atoms with Crippen LogP contribution >= 0.6 is 0 Å². The second kappa shape index (κ2) is 7.66. The summed E-state index contributed by atoms with van der Waals surface area (Å²) >= 11 is 0. The fourth-order valence-corrected chi connectivity index (χ4v) is 5.61. The molecule has 148 valence electrons. The van der Waals surface area contributed by atoms with Crippen LogP contribution in [0.15, 0.2) is 54.6 Å². The molecule has 4 rings (SSSR count). The summed E-state index contributed by atoms with van der Waals surface area (Å²) < 4.78 is 33.0. The van der Waals surface area contributed by atoms with Gasteiger partial charge in [-0.25, -0.2) is 4.98 Å². The number of para-hydroxylation sites is 2. The lowest BCUT2D eigenvalue weighted by Gasteiger charge is -2.33. The summed E-state index contributed by atoms with van der Waals surface area (Å²) in [7, 11) is -1.72. The maximum Gasteiger partial charge on any atom is 0.280 e. The highest BCUT2D eigenvalue weighted by molar-refractivity contribution is 7.87. The number of rotatable bonds is 5. The Labute approximate surface area is 166 Å². The first-order chi connectivity index (χ1) is 13.5. The average Bonchev–Trinajstić information content (AvgIpc) is 3.04. The van der Waals surface area contributed by atoms with Crippen molar-refractivity contribution in [1.29, 1.82) is 0 Å². The minimum Gasteiger partial charge on any atom is -0.329 e. The van der Waals surface area contributed by atoms with E-state index in [0.717, 1.165) is 35.9 Å². The van der Waals surface area contributed by atoms with Gasteiger partial charge in [-0.1, -0.05) is 48.9 Å². The summed E-state index contributed by atoms with van der Waals surface area (Å²) in [5.74, 6) is 0.681. The van der Waals surface area contributed by atoms with Gasteiger partial charge in [-0.2, -0.15) is 17.4 Å². The van der Waals surface area contributed by atoms with Crippen LogP contribution in [0.25, 0.3) is 11.0 Å². The van der Waals surface area contributed by atoms with Crippen LogP contribution in [-0.2, 0) is 17.3 Å². The third-order valence-electron chi connectivity index (χ3n) is 5.53. The molecule has 28 heavy (non-hydrogen) atoms. The van der Waals surface area contributed by atoms with Crippen molar-refractivity contribution in [2.24, 2.45) is 7.05 Å². The van der Waals surface area contributed by atoms with E-state index in [1.54, 1.807) is 4.31 Å². The van der Waals surface area contributed by atoms with Gasteiger partial charge in [0, 0.05) is 19.6 Å². The van der Waals surface area contributed by atoms with E-state index in [9.17, 15) is 8.42 Å². The van der Waals surface area contributed by atoms with Gasteiger partial charge in [-0.3, -0.25) is 0 Å². The molecule has 3 aromatic rings. The lowest BCUT2D eigenvalue weighted by Crippen LogP contribution is -2.49. The number of hydrogen-bond acceptors (Lipinski definition) is 3. The molecule has 6 nitrogen and oxygen atoms in total. The predicted octanol–water partition coefficient (Wildman–Crippen LogP) is 3.37. The molecule has 1 saturated heterocycles. The van der Waals surface area contributed by atoms with E-state index in [-0.39, 0.29) is 6.04 Å². The van der Waals surface area contributed by atoms with Crippen molar-refractivity contribution in [2.75, 3.05) is 6.54 Å². The molecule has 2 heterocycles. The van der Waals surface area contributed by atoms with E-state index in [4.69, 9.17) is 4.98 Å². The minimum atomic E-state index is -3.65. The van der Waals surface area contributed by atoms with Gasteiger partial charge < -0.3 is 4.57 Å². The number of nitrogens with zero attached hydrogens (tertiary/aromatic N) is 3. The molecular formula is C21H26N4O2S. The van der Waals surface area contributed by atoms with E-state index >= 15 is 0 Å². The second-order valence-corrected chi connectivity index (χ2v) is 9.09. The Hall–Kier alpha value is -2.22. The Balaban J connectivity index is 1.77. The quantitative estimate of drug-likeness (QED) is 0.716.